The van der Waals surface area contributed by atoms with Crippen LogP contribution in [0.2, 0.25) is 0 Å². The Balaban J connectivity index is 1.60. The van der Waals surface area contributed by atoms with Gasteiger partial charge in [-0.2, -0.15) is 4.31 Å². The topological polar surface area (TPSA) is 84.0 Å². The summed E-state index contributed by atoms with van der Waals surface area (Å²) in [4.78, 5) is 27.1. The van der Waals surface area contributed by atoms with E-state index in [9.17, 15) is 18.0 Å². The van der Waals surface area contributed by atoms with Crippen LogP contribution in [0.5, 0.6) is 5.75 Å². The number of amides is 2. The van der Waals surface area contributed by atoms with Crippen LogP contribution in [-0.4, -0.2) is 49.6 Å². The molecule has 2 atom stereocenters. The predicted octanol–water partition coefficient (Wildman–Crippen LogP) is 3.32. The quantitative estimate of drug-likeness (QED) is 0.624. The van der Waals surface area contributed by atoms with Gasteiger partial charge in [0.05, 0.1) is 25.5 Å². The molecule has 7 nitrogen and oxygen atoms in total. The molecule has 1 saturated heterocycles. The van der Waals surface area contributed by atoms with Gasteiger partial charge in [0.25, 0.3) is 0 Å². The van der Waals surface area contributed by atoms with E-state index in [-0.39, 0.29) is 46.9 Å². The molecule has 1 heterocycles. The molecule has 3 aliphatic rings. The summed E-state index contributed by atoms with van der Waals surface area (Å²) in [5.74, 6) is -0.372. The summed E-state index contributed by atoms with van der Waals surface area (Å²) < 4.78 is 33.7. The first-order chi connectivity index (χ1) is 14.8. The number of hydrogen-bond acceptors (Lipinski definition) is 5. The van der Waals surface area contributed by atoms with Crippen LogP contribution in [-0.2, 0) is 26.2 Å². The molecule has 8 heteroatoms. The normalized spacial score (nSPS) is 25.2. The Morgan fingerprint density at radius 1 is 0.968 bits per heavy atom. The number of fused-ring (bicyclic) bond motifs is 1. The summed E-state index contributed by atoms with van der Waals surface area (Å²) in [6.45, 7) is 0.102. The smallest absolute Gasteiger partial charge is 0.246 e. The number of imide groups is 1. The van der Waals surface area contributed by atoms with Gasteiger partial charge in [0, 0.05) is 13.1 Å². The molecule has 31 heavy (non-hydrogen) atoms. The van der Waals surface area contributed by atoms with E-state index in [1.807, 2.05) is 0 Å². The van der Waals surface area contributed by atoms with Gasteiger partial charge >= 0.3 is 0 Å². The summed E-state index contributed by atoms with van der Waals surface area (Å²) >= 11 is 0. The number of benzene rings is 1. The molecule has 170 valence electrons. The summed E-state index contributed by atoms with van der Waals surface area (Å²) in [5, 5.41) is 0. The lowest BCUT2D eigenvalue weighted by atomic mass is 9.81. The minimum Gasteiger partial charge on any atom is -0.495 e. The fraction of sp³-hybridized carbons (Fsp3) is 0.652. The predicted molar refractivity (Wildman–Crippen MR) is 116 cm³/mol. The Hall–Kier alpha value is -1.93. The van der Waals surface area contributed by atoms with Crippen molar-refractivity contribution in [2.45, 2.75) is 75.3 Å². The molecular formula is C23H32N2O5S. The first-order valence-corrected chi connectivity index (χ1v) is 12.8. The second kappa shape index (κ2) is 8.90. The van der Waals surface area contributed by atoms with Crippen LogP contribution in [0, 0.1) is 11.8 Å². The molecule has 2 aliphatic carbocycles. The Morgan fingerprint density at radius 2 is 1.55 bits per heavy atom. The van der Waals surface area contributed by atoms with E-state index in [0.717, 1.165) is 57.8 Å². The van der Waals surface area contributed by atoms with Crippen molar-refractivity contribution in [2.75, 3.05) is 14.2 Å². The number of methoxy groups -OCH3 is 1. The molecule has 0 bridgehead atoms. The monoisotopic (exact) mass is 448 g/mol. The number of nitrogens with zero attached hydrogens (tertiary/aromatic N) is 2. The minimum absolute atomic E-state index is 0.0167. The zero-order valence-electron chi connectivity index (χ0n) is 18.4. The third-order valence-electron chi connectivity index (χ3n) is 7.25. The number of ether oxygens (including phenoxy) is 1. The minimum atomic E-state index is -3.77. The van der Waals surface area contributed by atoms with Crippen molar-refractivity contribution in [3.63, 3.8) is 0 Å². The van der Waals surface area contributed by atoms with Crippen LogP contribution < -0.4 is 4.74 Å². The first kappa shape index (κ1) is 22.3. The number of sulfonamides is 1. The maximum absolute atomic E-state index is 13.4. The second-order valence-corrected chi connectivity index (χ2v) is 11.0. The molecule has 3 fully saturated rings. The van der Waals surface area contributed by atoms with Crippen molar-refractivity contribution in [2.24, 2.45) is 11.8 Å². The van der Waals surface area contributed by atoms with Gasteiger partial charge in [0.1, 0.15) is 10.6 Å². The van der Waals surface area contributed by atoms with E-state index in [0.29, 0.717) is 5.56 Å². The van der Waals surface area contributed by atoms with Crippen molar-refractivity contribution in [3.05, 3.63) is 23.8 Å². The van der Waals surface area contributed by atoms with Crippen molar-refractivity contribution in [1.82, 2.24) is 9.21 Å². The average Bonchev–Trinajstić information content (AvgIpc) is 3.04. The number of hydrogen-bond donors (Lipinski definition) is 0. The highest BCUT2D eigenvalue weighted by atomic mass is 32.2. The number of carbonyl (C=O) groups is 2. The molecule has 0 radical (unpaired) electrons. The zero-order chi connectivity index (χ0) is 22.2. The SMILES string of the molecule is COc1ccc(CN2C(=O)[C@H]3CCCC[C@@H]3C2=O)cc1S(=O)(=O)N(C)C1CCCCC1. The highest BCUT2D eigenvalue weighted by Gasteiger charge is 2.48. The highest BCUT2D eigenvalue weighted by molar-refractivity contribution is 7.89. The summed E-state index contributed by atoms with van der Waals surface area (Å²) in [6.07, 6.45) is 8.41. The van der Waals surface area contributed by atoms with Crippen molar-refractivity contribution >= 4 is 21.8 Å². The number of likely N-dealkylation sites (tertiary alicyclic amines) is 1. The van der Waals surface area contributed by atoms with E-state index in [4.69, 9.17) is 4.74 Å². The largest absolute Gasteiger partial charge is 0.495 e. The fourth-order valence-corrected chi connectivity index (χ4v) is 7.01. The molecule has 0 aromatic heterocycles. The van der Waals surface area contributed by atoms with Crippen molar-refractivity contribution in [3.8, 4) is 5.75 Å². The highest BCUT2D eigenvalue weighted by Crippen LogP contribution is 2.39. The van der Waals surface area contributed by atoms with E-state index in [1.54, 1.807) is 25.2 Å². The van der Waals surface area contributed by atoms with E-state index in [1.165, 1.54) is 16.3 Å². The average molecular weight is 449 g/mol. The second-order valence-electron chi connectivity index (χ2n) is 9.06. The Bertz CT molecular complexity index is 931. The third kappa shape index (κ3) is 4.12. The van der Waals surface area contributed by atoms with Gasteiger partial charge in [0.2, 0.25) is 21.8 Å². The van der Waals surface area contributed by atoms with Gasteiger partial charge in [-0.1, -0.05) is 38.2 Å². The first-order valence-electron chi connectivity index (χ1n) is 11.3. The van der Waals surface area contributed by atoms with Crippen molar-refractivity contribution in [1.29, 1.82) is 0 Å². The van der Waals surface area contributed by atoms with Crippen LogP contribution in [0.1, 0.15) is 63.4 Å². The Kier molecular flexibility index (Phi) is 6.40. The molecule has 0 N–H and O–H groups in total. The maximum Gasteiger partial charge on any atom is 0.246 e. The number of carbonyl (C=O) groups excluding carboxylic acids is 2. The van der Waals surface area contributed by atoms with E-state index >= 15 is 0 Å². The van der Waals surface area contributed by atoms with Gasteiger partial charge in [-0.25, -0.2) is 8.42 Å². The van der Waals surface area contributed by atoms with E-state index < -0.39 is 10.0 Å². The molecule has 1 aliphatic heterocycles. The Morgan fingerprint density at radius 3 is 2.13 bits per heavy atom. The maximum atomic E-state index is 13.4. The van der Waals surface area contributed by atoms with E-state index in [2.05, 4.69) is 0 Å². The van der Waals surface area contributed by atoms with Crippen LogP contribution in [0.25, 0.3) is 0 Å². The molecule has 4 rings (SSSR count). The summed E-state index contributed by atoms with van der Waals surface area (Å²) in [7, 11) is -0.680. The molecule has 0 unspecified atom stereocenters. The fourth-order valence-electron chi connectivity index (χ4n) is 5.39. The molecule has 2 amide bonds. The lowest BCUT2D eigenvalue weighted by Crippen LogP contribution is -2.38. The van der Waals surface area contributed by atoms with Gasteiger partial charge in [-0.05, 0) is 43.4 Å². The van der Waals surface area contributed by atoms with Gasteiger partial charge < -0.3 is 4.74 Å². The summed E-state index contributed by atoms with van der Waals surface area (Å²) in [5.41, 5.74) is 0.622. The molecular weight excluding hydrogens is 416 g/mol. The molecule has 0 spiro atoms. The lowest BCUT2D eigenvalue weighted by Gasteiger charge is -2.31. The van der Waals surface area contributed by atoms with Crippen molar-refractivity contribution < 1.29 is 22.7 Å². The lowest BCUT2D eigenvalue weighted by molar-refractivity contribution is -0.140. The van der Waals surface area contributed by atoms with Crippen LogP contribution in [0.3, 0.4) is 0 Å². The Labute approximate surface area is 184 Å². The van der Waals surface area contributed by atoms with Gasteiger partial charge in [-0.3, -0.25) is 14.5 Å². The molecule has 1 aromatic rings. The third-order valence-corrected chi connectivity index (χ3v) is 9.18. The summed E-state index contributed by atoms with van der Waals surface area (Å²) in [6, 6.07) is 4.91. The zero-order valence-corrected chi connectivity index (χ0v) is 19.2. The standard InChI is InChI=1S/C23H32N2O5S/c1-24(17-8-4-3-5-9-17)31(28,29)21-14-16(12-13-20(21)30-2)15-25-22(26)18-10-6-7-11-19(18)23(25)27/h12-14,17-19H,3-11,15H2,1-2H3/t18-,19-/m0/s1. The van der Waals surface area contributed by atoms with Crippen LogP contribution in [0.4, 0.5) is 0 Å². The van der Waals surface area contributed by atoms with Gasteiger partial charge in [0.15, 0.2) is 0 Å². The van der Waals surface area contributed by atoms with Crippen LogP contribution >= 0.6 is 0 Å². The van der Waals surface area contributed by atoms with Crippen LogP contribution in [0.15, 0.2) is 23.1 Å². The molecule has 1 aromatic carbocycles. The number of rotatable bonds is 6. The molecule has 2 saturated carbocycles. The van der Waals surface area contributed by atoms with Gasteiger partial charge in [-0.15, -0.1) is 0 Å².